The van der Waals surface area contributed by atoms with Crippen LogP contribution in [0.2, 0.25) is 5.02 Å². The Bertz CT molecular complexity index is 367. The van der Waals surface area contributed by atoms with E-state index in [1.807, 2.05) is 11.9 Å². The molecule has 14 heavy (non-hydrogen) atoms. The molecule has 0 amide bonds. The van der Waals surface area contributed by atoms with Crippen LogP contribution in [0.15, 0.2) is 18.5 Å². The third kappa shape index (κ3) is 1.65. The Balaban J connectivity index is 2.34. The second-order valence-corrected chi connectivity index (χ2v) is 3.97. The van der Waals surface area contributed by atoms with E-state index in [9.17, 15) is 4.79 Å². The third-order valence-corrected chi connectivity index (χ3v) is 2.71. The number of halogens is 1. The third-order valence-electron chi connectivity index (χ3n) is 2.50. The number of aromatic nitrogens is 1. The smallest absolute Gasteiger partial charge is 0.155 e. The van der Waals surface area contributed by atoms with E-state index >= 15 is 0 Å². The molecule has 2 rings (SSSR count). The van der Waals surface area contributed by atoms with Gasteiger partial charge in [0.25, 0.3) is 0 Å². The predicted molar refractivity (Wildman–Crippen MR) is 54.2 cm³/mol. The molecule has 74 valence electrons. The largest absolute Gasteiger partial charge is 0.297 e. The molecule has 0 bridgehead atoms. The van der Waals surface area contributed by atoms with Crippen LogP contribution in [0.5, 0.6) is 0 Å². The van der Waals surface area contributed by atoms with Crippen molar-refractivity contribution in [1.82, 2.24) is 9.88 Å². The van der Waals surface area contributed by atoms with Gasteiger partial charge in [0.1, 0.15) is 0 Å². The molecule has 0 radical (unpaired) electrons. The first-order valence-corrected chi connectivity index (χ1v) is 4.89. The molecule has 1 aromatic heterocycles. The van der Waals surface area contributed by atoms with Gasteiger partial charge >= 0.3 is 0 Å². The number of nitrogens with zero attached hydrogens (tertiary/aromatic N) is 2. The van der Waals surface area contributed by atoms with Gasteiger partial charge in [-0.2, -0.15) is 0 Å². The molecule has 1 aliphatic heterocycles. The number of likely N-dealkylation sites (tertiary alicyclic amines) is 1. The maximum atomic E-state index is 11.6. The monoisotopic (exact) mass is 210 g/mol. The minimum Gasteiger partial charge on any atom is -0.297 e. The zero-order valence-electron chi connectivity index (χ0n) is 7.90. The minimum atomic E-state index is -0.152. The number of carbonyl (C=O) groups is 1. The van der Waals surface area contributed by atoms with Crippen LogP contribution >= 0.6 is 11.6 Å². The average Bonchev–Trinajstić information content (AvgIpc) is 2.46. The molecule has 1 aromatic rings. The van der Waals surface area contributed by atoms with Crippen molar-refractivity contribution in [2.75, 3.05) is 13.6 Å². The van der Waals surface area contributed by atoms with Crippen molar-refractivity contribution < 1.29 is 4.79 Å². The van der Waals surface area contributed by atoms with E-state index in [0.29, 0.717) is 11.4 Å². The summed E-state index contributed by atoms with van der Waals surface area (Å²) in [6.07, 6.45) is 3.90. The minimum absolute atomic E-state index is 0.152. The van der Waals surface area contributed by atoms with Gasteiger partial charge in [-0.1, -0.05) is 11.6 Å². The lowest BCUT2D eigenvalue weighted by Gasteiger charge is -2.17. The van der Waals surface area contributed by atoms with E-state index < -0.39 is 0 Å². The molecule has 0 N–H and O–H groups in total. The number of carbonyl (C=O) groups excluding carboxylic acids is 1. The Morgan fingerprint density at radius 1 is 1.57 bits per heavy atom. The van der Waals surface area contributed by atoms with Gasteiger partial charge < -0.3 is 0 Å². The highest BCUT2D eigenvalue weighted by molar-refractivity contribution is 6.30. The maximum absolute atomic E-state index is 11.6. The summed E-state index contributed by atoms with van der Waals surface area (Å²) in [7, 11) is 1.94. The highest BCUT2D eigenvalue weighted by atomic mass is 35.5. The van der Waals surface area contributed by atoms with E-state index in [0.717, 1.165) is 12.1 Å². The molecule has 1 unspecified atom stereocenters. The van der Waals surface area contributed by atoms with Gasteiger partial charge in [-0.15, -0.1) is 0 Å². The van der Waals surface area contributed by atoms with Gasteiger partial charge in [0.15, 0.2) is 5.78 Å². The fourth-order valence-corrected chi connectivity index (χ4v) is 2.00. The van der Waals surface area contributed by atoms with Crippen molar-refractivity contribution in [3.05, 3.63) is 29.0 Å². The zero-order chi connectivity index (χ0) is 10.1. The van der Waals surface area contributed by atoms with E-state index in [1.54, 1.807) is 18.5 Å². The summed E-state index contributed by atoms with van der Waals surface area (Å²) in [5, 5.41) is 0.579. The van der Waals surface area contributed by atoms with Crippen LogP contribution in [0, 0.1) is 0 Å². The predicted octanol–water partition coefficient (Wildman–Crippen LogP) is 1.68. The highest BCUT2D eigenvalue weighted by Gasteiger charge is 2.31. The van der Waals surface area contributed by atoms with Gasteiger partial charge in [-0.05, 0) is 18.7 Å². The van der Waals surface area contributed by atoms with Crippen molar-refractivity contribution >= 4 is 17.4 Å². The number of Topliss-reactive ketones (excluding diaryl/α,β-unsaturated/α-hetero) is 1. The summed E-state index contributed by atoms with van der Waals surface area (Å²) >= 11 is 5.83. The molecule has 1 aliphatic rings. The Morgan fingerprint density at radius 3 is 2.93 bits per heavy atom. The number of rotatable bonds is 1. The molecule has 0 aliphatic carbocycles. The van der Waals surface area contributed by atoms with Crippen LogP contribution in [0.1, 0.15) is 18.0 Å². The van der Waals surface area contributed by atoms with Crippen LogP contribution in [0.4, 0.5) is 0 Å². The second kappa shape index (κ2) is 3.67. The quantitative estimate of drug-likeness (QED) is 0.707. The molecular weight excluding hydrogens is 200 g/mol. The summed E-state index contributed by atoms with van der Waals surface area (Å²) in [5.41, 5.74) is 0.891. The molecule has 0 spiro atoms. The normalized spacial score (nSPS) is 23.0. The number of hydrogen-bond donors (Lipinski definition) is 0. The fourth-order valence-electron chi connectivity index (χ4n) is 1.82. The first-order chi connectivity index (χ1) is 6.68. The number of likely N-dealkylation sites (N-methyl/N-ethyl adjacent to an activating group) is 1. The molecule has 4 heteroatoms. The second-order valence-electron chi connectivity index (χ2n) is 3.54. The molecule has 1 atom stereocenters. The average molecular weight is 211 g/mol. The van der Waals surface area contributed by atoms with Gasteiger partial charge in [0, 0.05) is 25.4 Å². The summed E-state index contributed by atoms with van der Waals surface area (Å²) < 4.78 is 0. The van der Waals surface area contributed by atoms with Crippen LogP contribution in [-0.4, -0.2) is 29.3 Å². The van der Waals surface area contributed by atoms with E-state index in [-0.39, 0.29) is 11.8 Å². The topological polar surface area (TPSA) is 33.2 Å². The molecule has 1 saturated heterocycles. The summed E-state index contributed by atoms with van der Waals surface area (Å²) in [6, 6.07) is 1.65. The summed E-state index contributed by atoms with van der Waals surface area (Å²) in [6.45, 7) is 0.815. The van der Waals surface area contributed by atoms with E-state index in [1.165, 1.54) is 0 Å². The summed E-state index contributed by atoms with van der Waals surface area (Å²) in [5.74, 6) is 0.247. The fraction of sp³-hybridized carbons (Fsp3) is 0.400. The van der Waals surface area contributed by atoms with Crippen molar-refractivity contribution in [2.45, 2.75) is 12.5 Å². The van der Waals surface area contributed by atoms with Gasteiger partial charge in [-0.25, -0.2) is 0 Å². The standard InChI is InChI=1S/C10H11ClN2O/c1-13-3-2-9(14)10(13)7-4-8(11)6-12-5-7/h4-6,10H,2-3H2,1H3. The molecule has 0 saturated carbocycles. The molecular formula is C10H11ClN2O. The Morgan fingerprint density at radius 2 is 2.36 bits per heavy atom. The highest BCUT2D eigenvalue weighted by Crippen LogP contribution is 2.27. The zero-order valence-corrected chi connectivity index (χ0v) is 8.66. The lowest BCUT2D eigenvalue weighted by Crippen LogP contribution is -2.21. The first-order valence-electron chi connectivity index (χ1n) is 4.52. The number of pyridine rings is 1. The van der Waals surface area contributed by atoms with Crippen molar-refractivity contribution in [3.8, 4) is 0 Å². The van der Waals surface area contributed by atoms with Crippen LogP contribution < -0.4 is 0 Å². The number of ketones is 1. The van der Waals surface area contributed by atoms with E-state index in [2.05, 4.69) is 4.98 Å². The summed E-state index contributed by atoms with van der Waals surface area (Å²) in [4.78, 5) is 17.6. The van der Waals surface area contributed by atoms with Crippen molar-refractivity contribution in [3.63, 3.8) is 0 Å². The van der Waals surface area contributed by atoms with Gasteiger partial charge in [0.05, 0.1) is 11.1 Å². The van der Waals surface area contributed by atoms with Gasteiger partial charge in [-0.3, -0.25) is 14.7 Å². The van der Waals surface area contributed by atoms with Crippen LogP contribution in [-0.2, 0) is 4.79 Å². The maximum Gasteiger partial charge on any atom is 0.155 e. The molecule has 2 heterocycles. The lowest BCUT2D eigenvalue weighted by molar-refractivity contribution is -0.119. The van der Waals surface area contributed by atoms with Crippen LogP contribution in [0.25, 0.3) is 0 Å². The molecule has 3 nitrogen and oxygen atoms in total. The Kier molecular flexibility index (Phi) is 2.52. The lowest BCUT2D eigenvalue weighted by atomic mass is 10.1. The van der Waals surface area contributed by atoms with Crippen molar-refractivity contribution in [1.29, 1.82) is 0 Å². The van der Waals surface area contributed by atoms with E-state index in [4.69, 9.17) is 11.6 Å². The van der Waals surface area contributed by atoms with Crippen LogP contribution in [0.3, 0.4) is 0 Å². The molecule has 1 fully saturated rings. The van der Waals surface area contributed by atoms with Gasteiger partial charge in [0.2, 0.25) is 0 Å². The van der Waals surface area contributed by atoms with Crippen molar-refractivity contribution in [2.24, 2.45) is 0 Å². The first kappa shape index (κ1) is 9.62. The Labute approximate surface area is 87.7 Å². The Hall–Kier alpha value is -0.930. The SMILES string of the molecule is CN1CCC(=O)C1c1cncc(Cl)c1. The molecule has 0 aromatic carbocycles. The number of hydrogen-bond acceptors (Lipinski definition) is 3.